The van der Waals surface area contributed by atoms with Crippen molar-refractivity contribution in [2.45, 2.75) is 77.4 Å². The summed E-state index contributed by atoms with van der Waals surface area (Å²) in [5, 5.41) is 2.83. The highest BCUT2D eigenvalue weighted by atomic mass is 28.4. The number of hydrogen-bond acceptors (Lipinski definition) is 4. The van der Waals surface area contributed by atoms with E-state index in [-0.39, 0.29) is 10.9 Å². The third kappa shape index (κ3) is 7.04. The second-order valence-electron chi connectivity index (χ2n) is 10.6. The summed E-state index contributed by atoms with van der Waals surface area (Å²) in [6.07, 6.45) is -0.681. The summed E-state index contributed by atoms with van der Waals surface area (Å²) in [4.78, 5) is 26.4. The number of hydrogen-bond donors (Lipinski definition) is 1. The number of carbonyl (C=O) groups is 2. The molecule has 5 nitrogen and oxygen atoms in total. The molecule has 2 rings (SSSR count). The second kappa shape index (κ2) is 10.0. The molecule has 2 aromatic rings. The van der Waals surface area contributed by atoms with E-state index in [4.69, 9.17) is 9.16 Å². The van der Waals surface area contributed by atoms with Gasteiger partial charge in [-0.05, 0) is 56.6 Å². The number of esters is 1. The summed E-state index contributed by atoms with van der Waals surface area (Å²) in [7, 11) is -2.31. The lowest BCUT2D eigenvalue weighted by Gasteiger charge is -2.41. The largest absolute Gasteiger partial charge is 0.458 e. The fraction of sp³-hybridized carbons (Fsp3) is 0.462. The van der Waals surface area contributed by atoms with Crippen molar-refractivity contribution in [3.63, 3.8) is 0 Å². The average Bonchev–Trinajstić information content (AvgIpc) is 2.69. The van der Waals surface area contributed by atoms with Crippen LogP contribution in [0.2, 0.25) is 18.1 Å². The molecular weight excluding hydrogens is 418 g/mol. The third-order valence-corrected chi connectivity index (χ3v) is 10.1. The minimum atomic E-state index is -2.31. The fourth-order valence-corrected chi connectivity index (χ4v) is 4.16. The molecule has 0 aliphatic rings. The van der Waals surface area contributed by atoms with Crippen molar-refractivity contribution in [3.05, 3.63) is 71.8 Å². The Morgan fingerprint density at radius 1 is 0.844 bits per heavy atom. The molecule has 0 unspecified atom stereocenters. The van der Waals surface area contributed by atoms with Crippen LogP contribution in [-0.2, 0) is 14.0 Å². The van der Waals surface area contributed by atoms with Crippen LogP contribution in [0.1, 0.15) is 63.6 Å². The Morgan fingerprint density at radius 2 is 1.34 bits per heavy atom. The topological polar surface area (TPSA) is 64.6 Å². The fourth-order valence-electron chi connectivity index (χ4n) is 2.90. The normalized spacial score (nSPS) is 14.4. The zero-order valence-electron chi connectivity index (χ0n) is 20.6. The highest BCUT2D eigenvalue weighted by Gasteiger charge is 2.44. The highest BCUT2D eigenvalue weighted by molar-refractivity contribution is 6.74. The lowest BCUT2D eigenvalue weighted by molar-refractivity contribution is -0.160. The lowest BCUT2D eigenvalue weighted by Crippen LogP contribution is -2.52. The van der Waals surface area contributed by atoms with Gasteiger partial charge in [-0.15, -0.1) is 0 Å². The van der Waals surface area contributed by atoms with Crippen LogP contribution in [0, 0.1) is 0 Å². The van der Waals surface area contributed by atoms with Gasteiger partial charge in [0, 0.05) is 5.56 Å². The molecule has 0 aliphatic heterocycles. The standard InChI is InChI=1S/C26H37NO4Si/c1-25(2,3)30-24(29)21(27-23(28)20-17-13-10-14-18-20)22(19-15-11-9-12-16-19)31-32(7,8)26(4,5)6/h9-18,21-22H,1-8H3,(H,27,28)/t21-,22-/m0/s1. The van der Waals surface area contributed by atoms with Gasteiger partial charge in [0.2, 0.25) is 0 Å². The first-order chi connectivity index (χ1) is 14.7. The van der Waals surface area contributed by atoms with Gasteiger partial charge in [0.05, 0.1) is 0 Å². The van der Waals surface area contributed by atoms with Gasteiger partial charge in [-0.2, -0.15) is 0 Å². The molecule has 2 aromatic carbocycles. The predicted molar refractivity (Wildman–Crippen MR) is 131 cm³/mol. The van der Waals surface area contributed by atoms with Crippen LogP contribution < -0.4 is 5.32 Å². The molecule has 0 spiro atoms. The number of carbonyl (C=O) groups excluding carboxylic acids is 2. The second-order valence-corrected chi connectivity index (χ2v) is 15.3. The molecule has 0 saturated carbocycles. The van der Waals surface area contributed by atoms with E-state index in [9.17, 15) is 9.59 Å². The number of amides is 1. The molecule has 0 radical (unpaired) electrons. The monoisotopic (exact) mass is 455 g/mol. The molecule has 0 bridgehead atoms. The Balaban J connectivity index is 2.52. The SMILES string of the molecule is CC(C)(C)OC(=O)[C@@H](NC(=O)c1ccccc1)[C@@H](O[Si](C)(C)C(C)(C)C)c1ccccc1. The smallest absolute Gasteiger partial charge is 0.332 e. The Labute approximate surface area is 193 Å². The van der Waals surface area contributed by atoms with E-state index in [1.807, 2.05) is 57.2 Å². The van der Waals surface area contributed by atoms with Crippen molar-refractivity contribution in [1.82, 2.24) is 5.32 Å². The lowest BCUT2D eigenvalue weighted by atomic mass is 10.0. The molecule has 0 aliphatic carbocycles. The highest BCUT2D eigenvalue weighted by Crippen LogP contribution is 2.41. The molecule has 0 heterocycles. The first kappa shape index (κ1) is 25.8. The van der Waals surface area contributed by atoms with Crippen LogP contribution in [0.15, 0.2) is 60.7 Å². The molecule has 0 fully saturated rings. The molecule has 0 aromatic heterocycles. The zero-order valence-corrected chi connectivity index (χ0v) is 21.6. The summed E-state index contributed by atoms with van der Waals surface area (Å²) in [6.45, 7) is 16.1. The van der Waals surface area contributed by atoms with Gasteiger partial charge in [0.15, 0.2) is 14.4 Å². The third-order valence-electron chi connectivity index (χ3n) is 5.64. The first-order valence-electron chi connectivity index (χ1n) is 11.0. The van der Waals surface area contributed by atoms with E-state index in [0.29, 0.717) is 5.56 Å². The van der Waals surface area contributed by atoms with Crippen LogP contribution >= 0.6 is 0 Å². The maximum Gasteiger partial charge on any atom is 0.332 e. The van der Waals surface area contributed by atoms with Gasteiger partial charge < -0.3 is 14.5 Å². The number of nitrogens with one attached hydrogen (secondary N) is 1. The van der Waals surface area contributed by atoms with E-state index in [1.165, 1.54) is 0 Å². The molecule has 0 saturated heterocycles. The molecule has 32 heavy (non-hydrogen) atoms. The van der Waals surface area contributed by atoms with Crippen molar-refractivity contribution in [2.75, 3.05) is 0 Å². The van der Waals surface area contributed by atoms with Crippen molar-refractivity contribution in [2.24, 2.45) is 0 Å². The quantitative estimate of drug-likeness (QED) is 0.418. The maximum absolute atomic E-state index is 13.4. The van der Waals surface area contributed by atoms with E-state index in [2.05, 4.69) is 39.2 Å². The summed E-state index contributed by atoms with van der Waals surface area (Å²) < 4.78 is 12.5. The average molecular weight is 456 g/mol. The Morgan fingerprint density at radius 3 is 1.81 bits per heavy atom. The Kier molecular flexibility index (Phi) is 8.07. The molecular formula is C26H37NO4Si. The molecule has 1 amide bonds. The molecule has 6 heteroatoms. The van der Waals surface area contributed by atoms with Crippen LogP contribution in [0.3, 0.4) is 0 Å². The van der Waals surface area contributed by atoms with Gasteiger partial charge in [-0.25, -0.2) is 4.79 Å². The van der Waals surface area contributed by atoms with Gasteiger partial charge in [-0.1, -0.05) is 69.3 Å². The van der Waals surface area contributed by atoms with Crippen LogP contribution in [-0.4, -0.2) is 31.8 Å². The van der Waals surface area contributed by atoms with E-state index < -0.39 is 32.0 Å². The minimum absolute atomic E-state index is 0.0814. The van der Waals surface area contributed by atoms with Crippen LogP contribution in [0.4, 0.5) is 0 Å². The molecule has 1 N–H and O–H groups in total. The predicted octanol–water partition coefficient (Wildman–Crippen LogP) is 5.89. The van der Waals surface area contributed by atoms with Gasteiger partial charge in [0.1, 0.15) is 11.7 Å². The van der Waals surface area contributed by atoms with Gasteiger partial charge in [-0.3, -0.25) is 4.79 Å². The zero-order chi connectivity index (χ0) is 24.2. The summed E-state index contributed by atoms with van der Waals surface area (Å²) in [5.74, 6) is -0.865. The number of benzene rings is 2. The summed E-state index contributed by atoms with van der Waals surface area (Å²) in [6, 6.07) is 17.4. The number of rotatable bonds is 7. The van der Waals surface area contributed by atoms with Crippen molar-refractivity contribution in [3.8, 4) is 0 Å². The van der Waals surface area contributed by atoms with E-state index in [0.717, 1.165) is 5.56 Å². The Bertz CT molecular complexity index is 899. The van der Waals surface area contributed by atoms with Crippen LogP contribution in [0.25, 0.3) is 0 Å². The Hall–Kier alpha value is -2.44. The number of ether oxygens (including phenoxy) is 1. The maximum atomic E-state index is 13.4. The minimum Gasteiger partial charge on any atom is -0.458 e. The molecule has 2 atom stereocenters. The summed E-state index contributed by atoms with van der Waals surface area (Å²) in [5.41, 5.74) is 0.590. The van der Waals surface area contributed by atoms with E-state index in [1.54, 1.807) is 24.3 Å². The van der Waals surface area contributed by atoms with Crippen LogP contribution in [0.5, 0.6) is 0 Å². The van der Waals surface area contributed by atoms with Gasteiger partial charge in [0.25, 0.3) is 5.91 Å². The van der Waals surface area contributed by atoms with Crippen molar-refractivity contribution in [1.29, 1.82) is 0 Å². The molecule has 174 valence electrons. The van der Waals surface area contributed by atoms with Gasteiger partial charge >= 0.3 is 5.97 Å². The first-order valence-corrected chi connectivity index (χ1v) is 13.9. The van der Waals surface area contributed by atoms with Crippen molar-refractivity contribution < 1.29 is 18.8 Å². The van der Waals surface area contributed by atoms with E-state index >= 15 is 0 Å². The summed E-state index contributed by atoms with van der Waals surface area (Å²) >= 11 is 0. The van der Waals surface area contributed by atoms with Crippen molar-refractivity contribution >= 4 is 20.2 Å².